The van der Waals surface area contributed by atoms with Crippen LogP contribution >= 0.6 is 0 Å². The molecular formula is C16H19NO4S. The number of nitrogens with one attached hydrogen (secondary N) is 1. The Balaban J connectivity index is 2.14. The Bertz CT molecular complexity index is 788. The topological polar surface area (TPSA) is 76.4 Å². The zero-order valence-electron chi connectivity index (χ0n) is 13.0. The molecule has 2 rings (SSSR count). The zero-order chi connectivity index (χ0) is 16.5. The van der Waals surface area contributed by atoms with Crippen molar-refractivity contribution in [3.63, 3.8) is 0 Å². The van der Waals surface area contributed by atoms with E-state index in [4.69, 9.17) is 4.42 Å². The molecule has 0 bridgehead atoms. The van der Waals surface area contributed by atoms with E-state index in [-0.39, 0.29) is 16.8 Å². The van der Waals surface area contributed by atoms with Gasteiger partial charge in [-0.15, -0.1) is 0 Å². The molecule has 0 fully saturated rings. The van der Waals surface area contributed by atoms with Gasteiger partial charge in [0.1, 0.15) is 11.5 Å². The normalized spacial score (nSPS) is 12.9. The minimum absolute atomic E-state index is 0.214. The number of benzene rings is 1. The maximum absolute atomic E-state index is 12.2. The molecule has 5 nitrogen and oxygen atoms in total. The van der Waals surface area contributed by atoms with E-state index < -0.39 is 9.84 Å². The van der Waals surface area contributed by atoms with Crippen molar-refractivity contribution >= 4 is 15.7 Å². The minimum atomic E-state index is -3.21. The van der Waals surface area contributed by atoms with Gasteiger partial charge in [0, 0.05) is 6.26 Å². The van der Waals surface area contributed by atoms with Crippen molar-refractivity contribution in [2.45, 2.75) is 31.7 Å². The second-order valence-electron chi connectivity index (χ2n) is 5.36. The highest BCUT2D eigenvalue weighted by molar-refractivity contribution is 7.90. The molecule has 0 saturated heterocycles. The largest absolute Gasteiger partial charge is 0.466 e. The standard InChI is InChI=1S/C16H19NO4S/c1-10-9-15(12(3)21-10)16(18)17-11(2)13-5-7-14(8-6-13)22(4,19)20/h5-9,11H,1-4H3,(H,17,18)/t11-/m1/s1. The maximum atomic E-state index is 12.2. The molecule has 0 aliphatic carbocycles. The van der Waals surface area contributed by atoms with E-state index in [0.717, 1.165) is 11.8 Å². The first kappa shape index (κ1) is 16.3. The Labute approximate surface area is 130 Å². The van der Waals surface area contributed by atoms with Crippen molar-refractivity contribution in [1.29, 1.82) is 0 Å². The van der Waals surface area contributed by atoms with Gasteiger partial charge >= 0.3 is 0 Å². The third kappa shape index (κ3) is 3.57. The van der Waals surface area contributed by atoms with Gasteiger partial charge in [-0.1, -0.05) is 12.1 Å². The van der Waals surface area contributed by atoms with Crippen LogP contribution in [0.2, 0.25) is 0 Å². The van der Waals surface area contributed by atoms with Gasteiger partial charge in [-0.25, -0.2) is 8.42 Å². The highest BCUT2D eigenvalue weighted by atomic mass is 32.2. The van der Waals surface area contributed by atoms with Gasteiger partial charge in [0.15, 0.2) is 9.84 Å². The van der Waals surface area contributed by atoms with Gasteiger partial charge in [-0.2, -0.15) is 0 Å². The molecule has 1 heterocycles. The second kappa shape index (κ2) is 5.96. The van der Waals surface area contributed by atoms with Crippen LogP contribution in [-0.4, -0.2) is 20.6 Å². The van der Waals surface area contributed by atoms with Gasteiger partial charge in [-0.3, -0.25) is 4.79 Å². The van der Waals surface area contributed by atoms with Gasteiger partial charge in [0.25, 0.3) is 5.91 Å². The Kier molecular flexibility index (Phi) is 4.42. The lowest BCUT2D eigenvalue weighted by molar-refractivity contribution is 0.0938. The van der Waals surface area contributed by atoms with Gasteiger partial charge in [-0.05, 0) is 44.5 Å². The van der Waals surface area contributed by atoms with Crippen LogP contribution in [0.5, 0.6) is 0 Å². The SMILES string of the molecule is Cc1cc(C(=O)N[C@H](C)c2ccc(S(C)(=O)=O)cc2)c(C)o1. The summed E-state index contributed by atoms with van der Waals surface area (Å²) in [6.45, 7) is 5.38. The van der Waals surface area contributed by atoms with Crippen LogP contribution in [0.1, 0.15) is 40.4 Å². The average Bonchev–Trinajstić information content (AvgIpc) is 2.77. The molecule has 22 heavy (non-hydrogen) atoms. The number of aryl methyl sites for hydroxylation is 2. The summed E-state index contributed by atoms with van der Waals surface area (Å²) < 4.78 is 28.2. The summed E-state index contributed by atoms with van der Waals surface area (Å²) in [6, 6.07) is 7.95. The number of furan rings is 1. The number of hydrogen-bond acceptors (Lipinski definition) is 4. The zero-order valence-corrected chi connectivity index (χ0v) is 13.8. The summed E-state index contributed by atoms with van der Waals surface area (Å²) in [4.78, 5) is 12.5. The predicted molar refractivity (Wildman–Crippen MR) is 83.6 cm³/mol. The number of carbonyl (C=O) groups excluding carboxylic acids is 1. The fourth-order valence-corrected chi connectivity index (χ4v) is 2.85. The van der Waals surface area contributed by atoms with Crippen molar-refractivity contribution in [3.8, 4) is 0 Å². The molecule has 118 valence electrons. The van der Waals surface area contributed by atoms with E-state index in [1.54, 1.807) is 44.2 Å². The first-order valence-electron chi connectivity index (χ1n) is 6.86. The fourth-order valence-electron chi connectivity index (χ4n) is 2.22. The van der Waals surface area contributed by atoms with Crippen molar-refractivity contribution in [1.82, 2.24) is 5.32 Å². The lowest BCUT2D eigenvalue weighted by Crippen LogP contribution is -2.26. The van der Waals surface area contributed by atoms with E-state index >= 15 is 0 Å². The predicted octanol–water partition coefficient (Wildman–Crippen LogP) is 2.79. The van der Waals surface area contributed by atoms with Crippen molar-refractivity contribution < 1.29 is 17.6 Å². The first-order chi connectivity index (χ1) is 10.2. The molecule has 6 heteroatoms. The number of rotatable bonds is 4. The van der Waals surface area contributed by atoms with Crippen LogP contribution in [0.15, 0.2) is 39.6 Å². The van der Waals surface area contributed by atoms with E-state index in [1.165, 1.54) is 0 Å². The molecule has 1 atom stereocenters. The molecule has 0 spiro atoms. The van der Waals surface area contributed by atoms with Crippen LogP contribution in [0.4, 0.5) is 0 Å². The molecule has 2 aromatic rings. The monoisotopic (exact) mass is 321 g/mol. The molecule has 0 aliphatic heterocycles. The second-order valence-corrected chi connectivity index (χ2v) is 7.38. The summed E-state index contributed by atoms with van der Waals surface area (Å²) >= 11 is 0. The number of sulfone groups is 1. The smallest absolute Gasteiger partial charge is 0.255 e. The summed E-state index contributed by atoms with van der Waals surface area (Å²) in [5, 5.41) is 2.88. The van der Waals surface area contributed by atoms with Crippen LogP contribution in [0, 0.1) is 13.8 Å². The Morgan fingerprint density at radius 3 is 2.23 bits per heavy atom. The fraction of sp³-hybridized carbons (Fsp3) is 0.312. The Morgan fingerprint density at radius 2 is 1.77 bits per heavy atom. The first-order valence-corrected chi connectivity index (χ1v) is 8.75. The molecular weight excluding hydrogens is 302 g/mol. The van der Waals surface area contributed by atoms with E-state index in [0.29, 0.717) is 17.1 Å². The van der Waals surface area contributed by atoms with Crippen LogP contribution in [-0.2, 0) is 9.84 Å². The maximum Gasteiger partial charge on any atom is 0.255 e. The van der Waals surface area contributed by atoms with Gasteiger partial charge in [0.05, 0.1) is 16.5 Å². The minimum Gasteiger partial charge on any atom is -0.466 e. The highest BCUT2D eigenvalue weighted by Gasteiger charge is 2.17. The van der Waals surface area contributed by atoms with Crippen LogP contribution in [0.3, 0.4) is 0 Å². The van der Waals surface area contributed by atoms with Crippen molar-refractivity contribution in [2.24, 2.45) is 0 Å². The quantitative estimate of drug-likeness (QED) is 0.939. The molecule has 0 unspecified atom stereocenters. The summed E-state index contributed by atoms with van der Waals surface area (Å²) in [5.41, 5.74) is 1.34. The number of carbonyl (C=O) groups is 1. The molecule has 1 N–H and O–H groups in total. The van der Waals surface area contributed by atoms with Crippen LogP contribution in [0.25, 0.3) is 0 Å². The molecule has 1 amide bonds. The van der Waals surface area contributed by atoms with Crippen molar-refractivity contribution in [2.75, 3.05) is 6.26 Å². The average molecular weight is 321 g/mol. The summed E-state index contributed by atoms with van der Waals surface area (Å²) in [6.07, 6.45) is 1.16. The molecule has 0 aliphatic rings. The summed E-state index contributed by atoms with van der Waals surface area (Å²) in [7, 11) is -3.21. The Hall–Kier alpha value is -2.08. The molecule has 1 aromatic heterocycles. The lowest BCUT2D eigenvalue weighted by Gasteiger charge is -2.14. The lowest BCUT2D eigenvalue weighted by atomic mass is 10.1. The molecule has 1 aromatic carbocycles. The van der Waals surface area contributed by atoms with Gasteiger partial charge < -0.3 is 9.73 Å². The van der Waals surface area contributed by atoms with E-state index in [2.05, 4.69) is 5.32 Å². The highest BCUT2D eigenvalue weighted by Crippen LogP contribution is 2.18. The van der Waals surface area contributed by atoms with Crippen LogP contribution < -0.4 is 5.32 Å². The van der Waals surface area contributed by atoms with E-state index in [9.17, 15) is 13.2 Å². The van der Waals surface area contributed by atoms with E-state index in [1.807, 2.05) is 6.92 Å². The molecule has 0 saturated carbocycles. The number of amides is 1. The Morgan fingerprint density at radius 1 is 1.18 bits per heavy atom. The van der Waals surface area contributed by atoms with Crippen molar-refractivity contribution in [3.05, 3.63) is 53.0 Å². The van der Waals surface area contributed by atoms with Gasteiger partial charge in [0.2, 0.25) is 0 Å². The molecule has 0 radical (unpaired) electrons. The number of hydrogen-bond donors (Lipinski definition) is 1. The third-order valence-corrected chi connectivity index (χ3v) is 4.57. The third-order valence-electron chi connectivity index (χ3n) is 3.44. The summed E-state index contributed by atoms with van der Waals surface area (Å²) in [5.74, 6) is 1.05.